The lowest BCUT2D eigenvalue weighted by Crippen LogP contribution is -2.30. The van der Waals surface area contributed by atoms with Gasteiger partial charge in [0.05, 0.1) is 12.2 Å². The summed E-state index contributed by atoms with van der Waals surface area (Å²) in [4.78, 5) is 23.1. The molecule has 3 heterocycles. The Balaban J connectivity index is 1.72. The van der Waals surface area contributed by atoms with Gasteiger partial charge in [-0.25, -0.2) is 18.3 Å². The topological polar surface area (TPSA) is 75.4 Å². The van der Waals surface area contributed by atoms with Gasteiger partial charge in [-0.1, -0.05) is 0 Å². The van der Waals surface area contributed by atoms with Crippen LogP contribution in [0.1, 0.15) is 48.7 Å². The van der Waals surface area contributed by atoms with Crippen molar-refractivity contribution in [3.05, 3.63) is 53.5 Å². The molecule has 1 atom stereocenters. The number of carbonyl (C=O) groups is 1. The van der Waals surface area contributed by atoms with E-state index in [0.29, 0.717) is 30.1 Å². The number of fused-ring (bicyclic) bond motifs is 1. The number of aromatic nitrogens is 4. The highest BCUT2D eigenvalue weighted by atomic mass is 19.1. The zero-order valence-corrected chi connectivity index (χ0v) is 15.6. The fourth-order valence-electron chi connectivity index (χ4n) is 3.52. The Morgan fingerprint density at radius 1 is 1.32 bits per heavy atom. The van der Waals surface area contributed by atoms with Crippen LogP contribution in [0.15, 0.2) is 30.7 Å². The molecule has 7 nitrogen and oxygen atoms in total. The van der Waals surface area contributed by atoms with Crippen LogP contribution >= 0.6 is 0 Å². The molecule has 0 aliphatic carbocycles. The summed E-state index contributed by atoms with van der Waals surface area (Å²) in [6.07, 6.45) is 4.38. The lowest BCUT2D eigenvalue weighted by atomic mass is 10.0. The number of carbonyl (C=O) groups excluding carboxylic acids is 1. The van der Waals surface area contributed by atoms with Crippen molar-refractivity contribution in [1.82, 2.24) is 24.9 Å². The van der Waals surface area contributed by atoms with Crippen molar-refractivity contribution < 1.29 is 13.6 Å². The third-order valence-corrected chi connectivity index (χ3v) is 4.75. The highest BCUT2D eigenvalue weighted by Gasteiger charge is 2.31. The van der Waals surface area contributed by atoms with Gasteiger partial charge in [0.1, 0.15) is 23.5 Å². The fourth-order valence-corrected chi connectivity index (χ4v) is 3.52. The molecule has 28 heavy (non-hydrogen) atoms. The predicted molar refractivity (Wildman–Crippen MR) is 99.1 cm³/mol. The van der Waals surface area contributed by atoms with Gasteiger partial charge >= 0.3 is 0 Å². The number of anilines is 1. The number of hydrogen-bond acceptors (Lipinski definition) is 5. The number of halogens is 2. The quantitative estimate of drug-likeness (QED) is 0.746. The number of hydrogen-bond donors (Lipinski definition) is 1. The zero-order chi connectivity index (χ0) is 19.8. The van der Waals surface area contributed by atoms with Crippen LogP contribution in [0.4, 0.5) is 14.7 Å². The van der Waals surface area contributed by atoms with E-state index in [4.69, 9.17) is 0 Å². The Bertz CT molecular complexity index is 1030. The molecule has 4 rings (SSSR count). The summed E-state index contributed by atoms with van der Waals surface area (Å²) in [5, 5.41) is 6.94. The lowest BCUT2D eigenvalue weighted by molar-refractivity contribution is 0.0944. The fraction of sp³-hybridized carbons (Fsp3) is 0.368. The van der Waals surface area contributed by atoms with E-state index in [1.165, 1.54) is 23.1 Å². The van der Waals surface area contributed by atoms with E-state index < -0.39 is 11.6 Å². The monoisotopic (exact) mass is 386 g/mol. The summed E-state index contributed by atoms with van der Waals surface area (Å²) in [5.74, 6) is -0.856. The van der Waals surface area contributed by atoms with Crippen LogP contribution < -0.4 is 10.2 Å². The van der Waals surface area contributed by atoms with E-state index in [0.717, 1.165) is 18.6 Å². The first kappa shape index (κ1) is 18.3. The second-order valence-corrected chi connectivity index (χ2v) is 7.13. The standard InChI is InChI=1S/C19H20F2N6O/c1-11(2)24-18(28)14-9-23-27-10-22-19(25-17(14)27)26-7-3-4-16(26)13-8-12(20)5-6-15(13)21/h5-6,8-11,16H,3-4,7H2,1-2H3,(H,24,28). The van der Waals surface area contributed by atoms with Crippen molar-refractivity contribution in [3.8, 4) is 0 Å². The highest BCUT2D eigenvalue weighted by molar-refractivity contribution is 5.99. The molecule has 1 unspecified atom stereocenters. The van der Waals surface area contributed by atoms with Crippen LogP contribution in [0.3, 0.4) is 0 Å². The molecular weight excluding hydrogens is 366 g/mol. The minimum Gasteiger partial charge on any atom is -0.350 e. The average molecular weight is 386 g/mol. The third kappa shape index (κ3) is 3.28. The van der Waals surface area contributed by atoms with E-state index >= 15 is 0 Å². The summed E-state index contributed by atoms with van der Waals surface area (Å²) >= 11 is 0. The molecule has 0 saturated carbocycles. The Hall–Kier alpha value is -3.10. The van der Waals surface area contributed by atoms with Gasteiger partial charge in [0.25, 0.3) is 5.91 Å². The van der Waals surface area contributed by atoms with Gasteiger partial charge in [-0.05, 0) is 44.9 Å². The number of amides is 1. The van der Waals surface area contributed by atoms with Gasteiger partial charge < -0.3 is 10.2 Å². The summed E-state index contributed by atoms with van der Waals surface area (Å²) in [5.41, 5.74) is 0.991. The van der Waals surface area contributed by atoms with Crippen molar-refractivity contribution in [2.45, 2.75) is 38.8 Å². The second kappa shape index (κ2) is 7.14. The normalized spacial score (nSPS) is 16.9. The second-order valence-electron chi connectivity index (χ2n) is 7.13. The molecule has 1 saturated heterocycles. The number of benzene rings is 1. The van der Waals surface area contributed by atoms with Crippen LogP contribution in [-0.4, -0.2) is 38.1 Å². The molecule has 2 aromatic heterocycles. The first-order valence-corrected chi connectivity index (χ1v) is 9.17. The van der Waals surface area contributed by atoms with Crippen molar-refractivity contribution in [2.75, 3.05) is 11.4 Å². The number of rotatable bonds is 4. The van der Waals surface area contributed by atoms with E-state index in [1.807, 2.05) is 18.7 Å². The minimum absolute atomic E-state index is 0.0253. The number of nitrogens with one attached hydrogen (secondary N) is 1. The summed E-state index contributed by atoms with van der Waals surface area (Å²) in [6.45, 7) is 4.34. The van der Waals surface area contributed by atoms with Crippen LogP contribution in [0.5, 0.6) is 0 Å². The molecule has 3 aromatic rings. The third-order valence-electron chi connectivity index (χ3n) is 4.75. The molecular formula is C19H20F2N6O. The Labute approximate surface area is 160 Å². The Kier molecular flexibility index (Phi) is 4.66. The van der Waals surface area contributed by atoms with Crippen molar-refractivity contribution in [2.24, 2.45) is 0 Å². The number of nitrogens with zero attached hydrogens (tertiary/aromatic N) is 5. The molecule has 0 radical (unpaired) electrons. The molecule has 1 aliphatic rings. The zero-order valence-electron chi connectivity index (χ0n) is 15.6. The SMILES string of the molecule is CC(C)NC(=O)c1cnn2cnc(N3CCCC3c3cc(F)ccc3F)nc12. The van der Waals surface area contributed by atoms with Gasteiger partial charge in [0.15, 0.2) is 5.65 Å². The van der Waals surface area contributed by atoms with Crippen molar-refractivity contribution >= 4 is 17.5 Å². The minimum atomic E-state index is -0.483. The summed E-state index contributed by atoms with van der Waals surface area (Å²) in [6, 6.07) is 3.07. The van der Waals surface area contributed by atoms with Crippen LogP contribution in [-0.2, 0) is 0 Å². The highest BCUT2D eigenvalue weighted by Crippen LogP contribution is 2.36. The maximum atomic E-state index is 14.3. The van der Waals surface area contributed by atoms with E-state index in [2.05, 4.69) is 20.4 Å². The maximum Gasteiger partial charge on any atom is 0.256 e. The van der Waals surface area contributed by atoms with Crippen LogP contribution in [0.2, 0.25) is 0 Å². The molecule has 0 spiro atoms. The van der Waals surface area contributed by atoms with Gasteiger partial charge in [-0.2, -0.15) is 10.1 Å². The largest absolute Gasteiger partial charge is 0.350 e. The van der Waals surface area contributed by atoms with Crippen LogP contribution in [0, 0.1) is 11.6 Å². The molecule has 1 aliphatic heterocycles. The smallest absolute Gasteiger partial charge is 0.256 e. The van der Waals surface area contributed by atoms with Gasteiger partial charge in [-0.15, -0.1) is 0 Å². The molecule has 1 fully saturated rings. The summed E-state index contributed by atoms with van der Waals surface area (Å²) in [7, 11) is 0. The lowest BCUT2D eigenvalue weighted by Gasteiger charge is -2.25. The van der Waals surface area contributed by atoms with Crippen molar-refractivity contribution in [1.29, 1.82) is 0 Å². The molecule has 9 heteroatoms. The molecule has 1 amide bonds. The molecule has 1 aromatic carbocycles. The van der Waals surface area contributed by atoms with Gasteiger partial charge in [-0.3, -0.25) is 4.79 Å². The first-order chi connectivity index (χ1) is 13.4. The maximum absolute atomic E-state index is 14.3. The van der Waals surface area contributed by atoms with Gasteiger partial charge in [0.2, 0.25) is 5.95 Å². The molecule has 146 valence electrons. The summed E-state index contributed by atoms with van der Waals surface area (Å²) < 4.78 is 29.4. The predicted octanol–water partition coefficient (Wildman–Crippen LogP) is 2.88. The van der Waals surface area contributed by atoms with Crippen LogP contribution in [0.25, 0.3) is 5.65 Å². The molecule has 1 N–H and O–H groups in total. The van der Waals surface area contributed by atoms with E-state index in [-0.39, 0.29) is 23.6 Å². The molecule has 0 bridgehead atoms. The van der Waals surface area contributed by atoms with E-state index in [1.54, 1.807) is 0 Å². The van der Waals surface area contributed by atoms with E-state index in [9.17, 15) is 13.6 Å². The van der Waals surface area contributed by atoms with Crippen molar-refractivity contribution in [3.63, 3.8) is 0 Å². The average Bonchev–Trinajstić information content (AvgIpc) is 3.29. The van der Waals surface area contributed by atoms with Gasteiger partial charge in [0, 0.05) is 18.2 Å². The first-order valence-electron chi connectivity index (χ1n) is 9.17. The Morgan fingerprint density at radius 2 is 2.14 bits per heavy atom. The Morgan fingerprint density at radius 3 is 2.93 bits per heavy atom.